The highest BCUT2D eigenvalue weighted by Crippen LogP contribution is 2.28. The summed E-state index contributed by atoms with van der Waals surface area (Å²) in [6.07, 6.45) is 2.51. The lowest BCUT2D eigenvalue weighted by Gasteiger charge is -2.11. The van der Waals surface area contributed by atoms with Gasteiger partial charge in [0.2, 0.25) is 0 Å². The Morgan fingerprint density at radius 1 is 1.21 bits per heavy atom. The molecule has 1 heterocycles. The van der Waals surface area contributed by atoms with E-state index in [4.69, 9.17) is 4.74 Å². The van der Waals surface area contributed by atoms with Crippen molar-refractivity contribution >= 4 is 17.8 Å². The Balaban J connectivity index is 1.65. The quantitative estimate of drug-likeness (QED) is 0.453. The van der Waals surface area contributed by atoms with E-state index in [2.05, 4.69) is 27.6 Å². The minimum absolute atomic E-state index is 0.324. The number of anilines is 1. The SMILES string of the molecule is CCCOc1ccccc1-c1cc(C(=O)NN=Cc2ccc(N(C)C)cc2)[nH]n1. The van der Waals surface area contributed by atoms with E-state index in [-0.39, 0.29) is 5.91 Å². The highest BCUT2D eigenvalue weighted by Gasteiger charge is 2.13. The maximum atomic E-state index is 12.3. The molecule has 0 radical (unpaired) electrons. The predicted octanol–water partition coefficient (Wildman–Crippen LogP) is 3.70. The van der Waals surface area contributed by atoms with Gasteiger partial charge in [-0.15, -0.1) is 0 Å². The predicted molar refractivity (Wildman–Crippen MR) is 116 cm³/mol. The maximum absolute atomic E-state index is 12.3. The summed E-state index contributed by atoms with van der Waals surface area (Å²) < 4.78 is 5.77. The number of aromatic nitrogens is 2. The summed E-state index contributed by atoms with van der Waals surface area (Å²) in [6.45, 7) is 2.68. The molecule has 0 aliphatic heterocycles. The summed E-state index contributed by atoms with van der Waals surface area (Å²) in [5.74, 6) is 0.379. The first kappa shape index (κ1) is 20.1. The van der Waals surface area contributed by atoms with Gasteiger partial charge in [-0.05, 0) is 42.3 Å². The number of nitrogens with zero attached hydrogens (tertiary/aromatic N) is 3. The molecule has 150 valence electrons. The van der Waals surface area contributed by atoms with E-state index in [1.165, 1.54) is 0 Å². The van der Waals surface area contributed by atoms with Crippen LogP contribution in [-0.4, -0.2) is 43.0 Å². The molecule has 1 amide bonds. The van der Waals surface area contributed by atoms with Crippen LogP contribution >= 0.6 is 0 Å². The van der Waals surface area contributed by atoms with Crippen molar-refractivity contribution in [2.75, 3.05) is 25.6 Å². The second kappa shape index (κ2) is 9.54. The van der Waals surface area contributed by atoms with Crippen molar-refractivity contribution in [2.24, 2.45) is 5.10 Å². The van der Waals surface area contributed by atoms with Crippen molar-refractivity contribution in [2.45, 2.75) is 13.3 Å². The van der Waals surface area contributed by atoms with Crippen molar-refractivity contribution in [1.82, 2.24) is 15.6 Å². The summed E-state index contributed by atoms with van der Waals surface area (Å²) in [5, 5.41) is 11.0. The van der Waals surface area contributed by atoms with Gasteiger partial charge in [0.15, 0.2) is 0 Å². The standard InChI is InChI=1S/C22H25N5O2/c1-4-13-29-21-8-6-5-7-18(21)19-14-20(25-24-19)22(28)26-23-15-16-9-11-17(12-10-16)27(2)3/h5-12,14-15H,4,13H2,1-3H3,(H,24,25)(H,26,28). The first-order valence-corrected chi connectivity index (χ1v) is 9.47. The van der Waals surface area contributed by atoms with E-state index in [1.54, 1.807) is 12.3 Å². The number of ether oxygens (including phenoxy) is 1. The minimum Gasteiger partial charge on any atom is -0.493 e. The van der Waals surface area contributed by atoms with Crippen LogP contribution in [0.4, 0.5) is 5.69 Å². The van der Waals surface area contributed by atoms with E-state index < -0.39 is 0 Å². The molecule has 7 heteroatoms. The molecule has 1 aromatic heterocycles. The lowest BCUT2D eigenvalue weighted by atomic mass is 10.1. The number of carbonyl (C=O) groups is 1. The zero-order valence-corrected chi connectivity index (χ0v) is 16.8. The number of hydrazone groups is 1. The lowest BCUT2D eigenvalue weighted by Crippen LogP contribution is -2.18. The Labute approximate surface area is 170 Å². The number of para-hydroxylation sites is 1. The highest BCUT2D eigenvalue weighted by molar-refractivity contribution is 5.94. The van der Waals surface area contributed by atoms with E-state index >= 15 is 0 Å². The normalized spacial score (nSPS) is 10.9. The fraction of sp³-hybridized carbons (Fsp3) is 0.227. The summed E-state index contributed by atoms with van der Waals surface area (Å²) in [7, 11) is 3.96. The monoisotopic (exact) mass is 391 g/mol. The number of hydrogen-bond donors (Lipinski definition) is 2. The summed E-state index contributed by atoms with van der Waals surface area (Å²) in [6, 6.07) is 17.2. The molecule has 0 spiro atoms. The molecule has 29 heavy (non-hydrogen) atoms. The minimum atomic E-state index is -0.364. The van der Waals surface area contributed by atoms with Gasteiger partial charge in [-0.2, -0.15) is 10.2 Å². The average Bonchev–Trinajstić information content (AvgIpc) is 3.23. The first-order chi connectivity index (χ1) is 14.1. The third-order valence-electron chi connectivity index (χ3n) is 4.24. The lowest BCUT2D eigenvalue weighted by molar-refractivity contribution is 0.0950. The van der Waals surface area contributed by atoms with Crippen molar-refractivity contribution in [3.05, 3.63) is 65.9 Å². The van der Waals surface area contributed by atoms with Crippen LogP contribution < -0.4 is 15.1 Å². The zero-order chi connectivity index (χ0) is 20.6. The molecule has 0 fully saturated rings. The Morgan fingerprint density at radius 3 is 2.69 bits per heavy atom. The molecule has 3 aromatic rings. The van der Waals surface area contributed by atoms with E-state index in [0.29, 0.717) is 18.0 Å². The van der Waals surface area contributed by atoms with Crippen LogP contribution in [0.15, 0.2) is 59.7 Å². The zero-order valence-electron chi connectivity index (χ0n) is 16.8. The van der Waals surface area contributed by atoms with Gasteiger partial charge in [-0.1, -0.05) is 31.2 Å². The van der Waals surface area contributed by atoms with Gasteiger partial charge >= 0.3 is 0 Å². The largest absolute Gasteiger partial charge is 0.493 e. The van der Waals surface area contributed by atoms with Crippen molar-refractivity contribution in [1.29, 1.82) is 0 Å². The van der Waals surface area contributed by atoms with E-state index in [1.807, 2.05) is 67.5 Å². The summed E-state index contributed by atoms with van der Waals surface area (Å²) in [5.41, 5.74) is 6.31. The van der Waals surface area contributed by atoms with Crippen molar-refractivity contribution < 1.29 is 9.53 Å². The topological polar surface area (TPSA) is 82.6 Å². The Kier molecular flexibility index (Phi) is 6.63. The molecule has 0 bridgehead atoms. The van der Waals surface area contributed by atoms with Crippen LogP contribution in [0.5, 0.6) is 5.75 Å². The van der Waals surface area contributed by atoms with Crippen LogP contribution in [0.1, 0.15) is 29.4 Å². The number of H-pyrrole nitrogens is 1. The van der Waals surface area contributed by atoms with Crippen molar-refractivity contribution in [3.63, 3.8) is 0 Å². The van der Waals surface area contributed by atoms with E-state index in [0.717, 1.165) is 29.0 Å². The molecule has 0 saturated carbocycles. The fourth-order valence-corrected chi connectivity index (χ4v) is 2.68. The second-order valence-corrected chi connectivity index (χ2v) is 6.70. The van der Waals surface area contributed by atoms with Gasteiger partial charge in [0, 0.05) is 25.3 Å². The first-order valence-electron chi connectivity index (χ1n) is 9.47. The van der Waals surface area contributed by atoms with Crippen molar-refractivity contribution in [3.8, 4) is 17.0 Å². The summed E-state index contributed by atoms with van der Waals surface area (Å²) in [4.78, 5) is 14.4. The van der Waals surface area contributed by atoms with Gasteiger partial charge < -0.3 is 9.64 Å². The van der Waals surface area contributed by atoms with Crippen LogP contribution in [0.25, 0.3) is 11.3 Å². The van der Waals surface area contributed by atoms with Gasteiger partial charge in [0.25, 0.3) is 5.91 Å². The Hall–Kier alpha value is -3.61. The molecule has 7 nitrogen and oxygen atoms in total. The third kappa shape index (κ3) is 5.22. The molecule has 0 saturated heterocycles. The molecule has 0 aliphatic rings. The number of amides is 1. The number of aromatic amines is 1. The smallest absolute Gasteiger partial charge is 0.289 e. The van der Waals surface area contributed by atoms with E-state index in [9.17, 15) is 4.79 Å². The summed E-state index contributed by atoms with van der Waals surface area (Å²) >= 11 is 0. The van der Waals surface area contributed by atoms with Gasteiger partial charge in [-0.25, -0.2) is 5.43 Å². The Morgan fingerprint density at radius 2 is 1.97 bits per heavy atom. The molecule has 0 aliphatic carbocycles. The second-order valence-electron chi connectivity index (χ2n) is 6.70. The molecular weight excluding hydrogens is 366 g/mol. The molecule has 0 atom stereocenters. The van der Waals surface area contributed by atoms with Crippen LogP contribution in [0.3, 0.4) is 0 Å². The number of carbonyl (C=O) groups excluding carboxylic acids is 1. The number of rotatable bonds is 8. The Bertz CT molecular complexity index is 977. The number of hydrogen-bond acceptors (Lipinski definition) is 5. The molecule has 3 rings (SSSR count). The van der Waals surface area contributed by atoms with Crippen LogP contribution in [0.2, 0.25) is 0 Å². The van der Waals surface area contributed by atoms with Crippen LogP contribution in [0, 0.1) is 0 Å². The fourth-order valence-electron chi connectivity index (χ4n) is 2.68. The maximum Gasteiger partial charge on any atom is 0.289 e. The third-order valence-corrected chi connectivity index (χ3v) is 4.24. The van der Waals surface area contributed by atoms with Gasteiger partial charge in [-0.3, -0.25) is 9.89 Å². The van der Waals surface area contributed by atoms with Gasteiger partial charge in [0.05, 0.1) is 18.5 Å². The molecular formula is C22H25N5O2. The number of nitrogens with one attached hydrogen (secondary N) is 2. The molecule has 0 unspecified atom stereocenters. The number of benzene rings is 2. The molecule has 2 N–H and O–H groups in total. The average molecular weight is 391 g/mol. The highest BCUT2D eigenvalue weighted by atomic mass is 16.5. The van der Waals surface area contributed by atoms with Crippen LogP contribution in [-0.2, 0) is 0 Å². The van der Waals surface area contributed by atoms with Gasteiger partial charge in [0.1, 0.15) is 11.4 Å². The molecule has 2 aromatic carbocycles.